The average molecular weight is 298 g/mol. The molecular formula is C14H20ClN3O2. The summed E-state index contributed by atoms with van der Waals surface area (Å²) < 4.78 is 0. The van der Waals surface area contributed by atoms with Crippen LogP contribution < -0.4 is 5.32 Å². The number of likely N-dealkylation sites (tertiary alicyclic amines) is 1. The van der Waals surface area contributed by atoms with Gasteiger partial charge in [0.25, 0.3) is 0 Å². The van der Waals surface area contributed by atoms with Gasteiger partial charge in [0.2, 0.25) is 0 Å². The molecule has 0 bridgehead atoms. The molecule has 1 aliphatic rings. The van der Waals surface area contributed by atoms with Crippen molar-refractivity contribution in [2.45, 2.75) is 32.2 Å². The molecule has 1 fully saturated rings. The molecule has 5 nitrogen and oxygen atoms in total. The van der Waals surface area contributed by atoms with Crippen molar-refractivity contribution in [3.05, 3.63) is 22.8 Å². The first-order valence-electron chi connectivity index (χ1n) is 6.94. The molecule has 2 N–H and O–H groups in total. The van der Waals surface area contributed by atoms with Gasteiger partial charge in [-0.1, -0.05) is 18.0 Å². The zero-order chi connectivity index (χ0) is 14.5. The van der Waals surface area contributed by atoms with Crippen LogP contribution in [0.1, 0.15) is 36.5 Å². The van der Waals surface area contributed by atoms with E-state index in [1.54, 1.807) is 0 Å². The first-order chi connectivity index (χ1) is 9.56. The second kappa shape index (κ2) is 6.90. The monoisotopic (exact) mass is 297 g/mol. The lowest BCUT2D eigenvalue weighted by atomic mass is 10.1. The van der Waals surface area contributed by atoms with Gasteiger partial charge in [0.05, 0.1) is 10.6 Å². The van der Waals surface area contributed by atoms with Gasteiger partial charge < -0.3 is 15.3 Å². The Bertz CT molecular complexity index is 475. The molecule has 1 unspecified atom stereocenters. The Morgan fingerprint density at radius 2 is 2.20 bits per heavy atom. The lowest BCUT2D eigenvalue weighted by molar-refractivity contribution is 0.0696. The third-order valence-corrected chi connectivity index (χ3v) is 3.74. The Hall–Kier alpha value is -1.33. The van der Waals surface area contributed by atoms with Crippen LogP contribution in [-0.2, 0) is 0 Å². The Kier molecular flexibility index (Phi) is 5.20. The molecule has 1 aromatic rings. The molecule has 1 saturated heterocycles. The Labute approximate surface area is 123 Å². The van der Waals surface area contributed by atoms with E-state index in [0.29, 0.717) is 10.8 Å². The molecule has 2 rings (SSSR count). The standard InChI is InChI=1S/C14H20ClN3O2/c1-10(9-18-5-3-2-4-6-18)17-13-12(15)7-11(8-16-13)14(19)20/h7-8,10H,2-6,9H2,1H3,(H,16,17)(H,19,20). The maximum absolute atomic E-state index is 10.8. The van der Waals surface area contributed by atoms with Crippen LogP contribution in [0.25, 0.3) is 0 Å². The fraction of sp³-hybridized carbons (Fsp3) is 0.571. The minimum absolute atomic E-state index is 0.101. The topological polar surface area (TPSA) is 65.5 Å². The quantitative estimate of drug-likeness (QED) is 0.875. The number of carboxylic acids is 1. The number of halogens is 1. The van der Waals surface area contributed by atoms with Gasteiger partial charge in [-0.3, -0.25) is 0 Å². The van der Waals surface area contributed by atoms with Gasteiger partial charge in [-0.2, -0.15) is 0 Å². The van der Waals surface area contributed by atoms with E-state index < -0.39 is 5.97 Å². The van der Waals surface area contributed by atoms with Gasteiger partial charge in [-0.25, -0.2) is 9.78 Å². The number of carboxylic acid groups (broad SMARTS) is 1. The number of hydrogen-bond acceptors (Lipinski definition) is 4. The summed E-state index contributed by atoms with van der Waals surface area (Å²) in [6.07, 6.45) is 5.17. The second-order valence-electron chi connectivity index (χ2n) is 5.27. The van der Waals surface area contributed by atoms with Gasteiger partial charge >= 0.3 is 5.97 Å². The molecule has 2 heterocycles. The van der Waals surface area contributed by atoms with Crippen molar-refractivity contribution >= 4 is 23.4 Å². The average Bonchev–Trinajstić information content (AvgIpc) is 2.42. The molecule has 0 spiro atoms. The summed E-state index contributed by atoms with van der Waals surface area (Å²) in [6.45, 7) is 5.31. The maximum atomic E-state index is 10.8. The zero-order valence-electron chi connectivity index (χ0n) is 11.6. The van der Waals surface area contributed by atoms with Crippen molar-refractivity contribution in [1.29, 1.82) is 0 Å². The third-order valence-electron chi connectivity index (χ3n) is 3.45. The molecule has 0 aromatic carbocycles. The molecule has 20 heavy (non-hydrogen) atoms. The van der Waals surface area contributed by atoms with Crippen LogP contribution in [0.5, 0.6) is 0 Å². The Morgan fingerprint density at radius 1 is 1.50 bits per heavy atom. The normalized spacial score (nSPS) is 17.7. The predicted octanol–water partition coefficient (Wildman–Crippen LogP) is 2.72. The number of pyridine rings is 1. The van der Waals surface area contributed by atoms with E-state index in [4.69, 9.17) is 16.7 Å². The first-order valence-corrected chi connectivity index (χ1v) is 7.32. The molecule has 110 valence electrons. The first kappa shape index (κ1) is 15.1. The number of carbonyl (C=O) groups is 1. The Balaban J connectivity index is 1.93. The number of anilines is 1. The number of hydrogen-bond donors (Lipinski definition) is 2. The number of nitrogens with one attached hydrogen (secondary N) is 1. The molecule has 1 aliphatic heterocycles. The van der Waals surface area contributed by atoms with Crippen LogP contribution in [0, 0.1) is 0 Å². The lowest BCUT2D eigenvalue weighted by Gasteiger charge is -2.29. The van der Waals surface area contributed by atoms with Gasteiger partial charge in [-0.05, 0) is 38.9 Å². The highest BCUT2D eigenvalue weighted by molar-refractivity contribution is 6.33. The highest BCUT2D eigenvalue weighted by Crippen LogP contribution is 2.21. The summed E-state index contributed by atoms with van der Waals surface area (Å²) in [5, 5.41) is 12.5. The fourth-order valence-electron chi connectivity index (χ4n) is 2.47. The van der Waals surface area contributed by atoms with E-state index in [0.717, 1.165) is 19.6 Å². The maximum Gasteiger partial charge on any atom is 0.337 e. The molecule has 0 radical (unpaired) electrons. The van der Waals surface area contributed by atoms with Crippen LogP contribution in [0.3, 0.4) is 0 Å². The van der Waals surface area contributed by atoms with Crippen molar-refractivity contribution in [3.63, 3.8) is 0 Å². The second-order valence-corrected chi connectivity index (χ2v) is 5.67. The van der Waals surface area contributed by atoms with E-state index in [9.17, 15) is 4.79 Å². The fourth-order valence-corrected chi connectivity index (χ4v) is 2.69. The van der Waals surface area contributed by atoms with E-state index in [1.807, 2.05) is 0 Å². The molecule has 6 heteroatoms. The summed E-state index contributed by atoms with van der Waals surface area (Å²) in [4.78, 5) is 17.3. The van der Waals surface area contributed by atoms with Crippen molar-refractivity contribution in [2.75, 3.05) is 25.0 Å². The summed E-state index contributed by atoms with van der Waals surface area (Å²) >= 11 is 6.06. The van der Waals surface area contributed by atoms with Crippen molar-refractivity contribution in [1.82, 2.24) is 9.88 Å². The van der Waals surface area contributed by atoms with Gasteiger partial charge in [0, 0.05) is 18.8 Å². The molecule has 1 atom stereocenters. The van der Waals surface area contributed by atoms with Crippen LogP contribution in [-0.4, -0.2) is 46.6 Å². The van der Waals surface area contributed by atoms with Crippen LogP contribution in [0.15, 0.2) is 12.3 Å². The molecule has 0 saturated carbocycles. The predicted molar refractivity (Wildman–Crippen MR) is 79.6 cm³/mol. The van der Waals surface area contributed by atoms with E-state index in [2.05, 4.69) is 22.1 Å². The third kappa shape index (κ3) is 4.08. The highest BCUT2D eigenvalue weighted by atomic mass is 35.5. The SMILES string of the molecule is CC(CN1CCCCC1)Nc1ncc(C(=O)O)cc1Cl. The molecule has 0 aliphatic carbocycles. The van der Waals surface area contributed by atoms with E-state index in [-0.39, 0.29) is 11.6 Å². The number of aromatic nitrogens is 1. The van der Waals surface area contributed by atoms with Gasteiger partial charge in [0.1, 0.15) is 5.82 Å². The number of nitrogens with zero attached hydrogens (tertiary/aromatic N) is 2. The zero-order valence-corrected chi connectivity index (χ0v) is 12.4. The van der Waals surface area contributed by atoms with Crippen LogP contribution in [0.4, 0.5) is 5.82 Å². The summed E-state index contributed by atoms with van der Waals surface area (Å²) in [6, 6.07) is 1.64. The van der Waals surface area contributed by atoms with Gasteiger partial charge in [-0.15, -0.1) is 0 Å². The summed E-state index contributed by atoms with van der Waals surface area (Å²) in [7, 11) is 0. The smallest absolute Gasteiger partial charge is 0.337 e. The largest absolute Gasteiger partial charge is 0.478 e. The summed E-state index contributed by atoms with van der Waals surface area (Å²) in [5.74, 6) is -0.478. The minimum Gasteiger partial charge on any atom is -0.478 e. The van der Waals surface area contributed by atoms with Crippen LogP contribution in [0.2, 0.25) is 5.02 Å². The summed E-state index contributed by atoms with van der Waals surface area (Å²) in [5.41, 5.74) is 0.101. The number of aromatic carboxylic acids is 1. The molecular weight excluding hydrogens is 278 g/mol. The number of piperidine rings is 1. The highest BCUT2D eigenvalue weighted by Gasteiger charge is 2.15. The van der Waals surface area contributed by atoms with Crippen LogP contribution >= 0.6 is 11.6 Å². The van der Waals surface area contributed by atoms with E-state index >= 15 is 0 Å². The van der Waals surface area contributed by atoms with E-state index in [1.165, 1.54) is 31.5 Å². The minimum atomic E-state index is -1.02. The lowest BCUT2D eigenvalue weighted by Crippen LogP contribution is -2.38. The van der Waals surface area contributed by atoms with Crippen molar-refractivity contribution in [2.24, 2.45) is 0 Å². The number of rotatable bonds is 5. The molecule has 0 amide bonds. The molecule has 1 aromatic heterocycles. The van der Waals surface area contributed by atoms with Crippen molar-refractivity contribution < 1.29 is 9.90 Å². The van der Waals surface area contributed by atoms with Crippen molar-refractivity contribution in [3.8, 4) is 0 Å². The van der Waals surface area contributed by atoms with Gasteiger partial charge in [0.15, 0.2) is 0 Å². The Morgan fingerprint density at radius 3 is 2.80 bits per heavy atom.